The van der Waals surface area contributed by atoms with Crippen LogP contribution in [0.2, 0.25) is 0 Å². The number of carbonyl (C=O) groups is 3. The first kappa shape index (κ1) is 23.6. The number of amides is 1. The van der Waals surface area contributed by atoms with Crippen molar-refractivity contribution in [3.05, 3.63) is 106 Å². The number of anilines is 1. The number of hydrogen-bond donors (Lipinski definition) is 1. The number of aryl methyl sites for hydroxylation is 2. The number of nitrogens with one attached hydrogen (secondary N) is 1. The summed E-state index contributed by atoms with van der Waals surface area (Å²) < 4.78 is 6.82. The zero-order valence-corrected chi connectivity index (χ0v) is 19.3. The monoisotopic (exact) mass is 469 g/mol. The Hall–Kier alpha value is -4.59. The van der Waals surface area contributed by atoms with Crippen LogP contribution in [-0.4, -0.2) is 33.8 Å². The Morgan fingerprint density at radius 1 is 0.943 bits per heavy atom. The molecular weight excluding hydrogens is 446 g/mol. The van der Waals surface area contributed by atoms with Crippen LogP contribution in [0.1, 0.15) is 38.9 Å². The average Bonchev–Trinajstić information content (AvgIpc) is 2.88. The van der Waals surface area contributed by atoms with E-state index in [9.17, 15) is 19.2 Å². The van der Waals surface area contributed by atoms with E-state index in [1.165, 1.54) is 6.20 Å². The van der Waals surface area contributed by atoms with Gasteiger partial charge in [-0.3, -0.25) is 14.4 Å². The van der Waals surface area contributed by atoms with Gasteiger partial charge < -0.3 is 14.6 Å². The Balaban J connectivity index is 1.50. The summed E-state index contributed by atoms with van der Waals surface area (Å²) in [6.07, 6.45) is 1.39. The lowest BCUT2D eigenvalue weighted by atomic mass is 10.0. The number of fused-ring (bicyclic) bond motifs is 1. The number of hydrogen-bond acceptors (Lipinski definition) is 6. The number of ketones is 1. The number of carbonyl (C=O) groups excluding carboxylic acids is 3. The van der Waals surface area contributed by atoms with Crippen LogP contribution in [0, 0.1) is 6.92 Å². The predicted octanol–water partition coefficient (Wildman–Crippen LogP) is 3.75. The van der Waals surface area contributed by atoms with Crippen LogP contribution in [-0.2, 0) is 16.1 Å². The molecule has 0 saturated heterocycles. The van der Waals surface area contributed by atoms with Crippen molar-refractivity contribution >= 4 is 34.4 Å². The number of para-hydroxylation sites is 1. The van der Waals surface area contributed by atoms with Crippen molar-refractivity contribution in [1.82, 2.24) is 9.55 Å². The fraction of sp³-hybridized carbons (Fsp3) is 0.148. The second kappa shape index (κ2) is 10.1. The summed E-state index contributed by atoms with van der Waals surface area (Å²) in [6, 6.07) is 18.6. The summed E-state index contributed by atoms with van der Waals surface area (Å²) in [4.78, 5) is 55.3. The van der Waals surface area contributed by atoms with E-state index in [1.807, 2.05) is 13.8 Å². The molecule has 8 nitrogen and oxygen atoms in total. The minimum Gasteiger partial charge on any atom is -0.452 e. The Bertz CT molecular complexity index is 1490. The van der Waals surface area contributed by atoms with Crippen molar-refractivity contribution in [2.45, 2.75) is 20.4 Å². The van der Waals surface area contributed by atoms with Crippen LogP contribution in [0.5, 0.6) is 0 Å². The summed E-state index contributed by atoms with van der Waals surface area (Å²) in [7, 11) is 0. The van der Waals surface area contributed by atoms with E-state index in [1.54, 1.807) is 71.3 Å². The maximum absolute atomic E-state index is 12.8. The molecule has 1 amide bonds. The summed E-state index contributed by atoms with van der Waals surface area (Å²) in [5, 5.41) is 2.91. The van der Waals surface area contributed by atoms with Gasteiger partial charge in [-0.25, -0.2) is 9.78 Å². The summed E-state index contributed by atoms with van der Waals surface area (Å²) in [5.41, 5.74) is 1.61. The van der Waals surface area contributed by atoms with Crippen molar-refractivity contribution in [2.24, 2.45) is 0 Å². The number of rotatable bonds is 7. The fourth-order valence-electron chi connectivity index (χ4n) is 3.68. The number of ether oxygens (including phenoxy) is 1. The highest BCUT2D eigenvalue weighted by Crippen LogP contribution is 2.19. The van der Waals surface area contributed by atoms with Gasteiger partial charge in [0, 0.05) is 29.6 Å². The summed E-state index contributed by atoms with van der Waals surface area (Å²) in [6.45, 7) is 3.55. The van der Waals surface area contributed by atoms with E-state index in [2.05, 4.69) is 10.3 Å². The van der Waals surface area contributed by atoms with Gasteiger partial charge in [-0.05, 0) is 38.1 Å². The van der Waals surface area contributed by atoms with E-state index in [-0.39, 0.29) is 11.3 Å². The first-order valence-electron chi connectivity index (χ1n) is 11.1. The van der Waals surface area contributed by atoms with E-state index in [0.29, 0.717) is 34.4 Å². The minimum absolute atomic E-state index is 0.183. The van der Waals surface area contributed by atoms with Crippen LogP contribution in [0.4, 0.5) is 5.69 Å². The molecule has 0 bridgehead atoms. The molecule has 0 aliphatic heterocycles. The third kappa shape index (κ3) is 5.01. The molecule has 35 heavy (non-hydrogen) atoms. The standard InChI is InChI=1S/C27H23N3O5/c1-3-30-15-21(25(33)20-14-13-17(2)28-26(20)30)27(34)35-16-23(31)29-22-12-8-7-11-19(22)24(32)18-9-5-4-6-10-18/h4-15H,3,16H2,1-2H3,(H,29,31). The summed E-state index contributed by atoms with van der Waals surface area (Å²) in [5.74, 6) is -1.80. The topological polar surface area (TPSA) is 107 Å². The second-order valence-electron chi connectivity index (χ2n) is 7.85. The lowest BCUT2D eigenvalue weighted by molar-refractivity contribution is -0.119. The molecule has 2 heterocycles. The van der Waals surface area contributed by atoms with Crippen LogP contribution in [0.15, 0.2) is 77.7 Å². The van der Waals surface area contributed by atoms with Gasteiger partial charge in [0.1, 0.15) is 11.2 Å². The Labute approximate surface area is 201 Å². The molecule has 0 fully saturated rings. The smallest absolute Gasteiger partial charge is 0.344 e. The van der Waals surface area contributed by atoms with Crippen LogP contribution < -0.4 is 10.7 Å². The van der Waals surface area contributed by atoms with Crippen molar-refractivity contribution in [3.63, 3.8) is 0 Å². The molecule has 4 rings (SSSR count). The van der Waals surface area contributed by atoms with E-state index in [0.717, 1.165) is 5.69 Å². The predicted molar refractivity (Wildman–Crippen MR) is 132 cm³/mol. The van der Waals surface area contributed by atoms with Crippen molar-refractivity contribution in [2.75, 3.05) is 11.9 Å². The largest absolute Gasteiger partial charge is 0.452 e. The van der Waals surface area contributed by atoms with E-state index < -0.39 is 23.9 Å². The maximum atomic E-state index is 12.8. The van der Waals surface area contributed by atoms with Gasteiger partial charge in [-0.15, -0.1) is 0 Å². The van der Waals surface area contributed by atoms with Crippen molar-refractivity contribution in [1.29, 1.82) is 0 Å². The molecule has 0 radical (unpaired) electrons. The lowest BCUT2D eigenvalue weighted by Gasteiger charge is -2.12. The highest BCUT2D eigenvalue weighted by molar-refractivity contribution is 6.14. The van der Waals surface area contributed by atoms with Gasteiger partial charge >= 0.3 is 5.97 Å². The highest BCUT2D eigenvalue weighted by atomic mass is 16.5. The van der Waals surface area contributed by atoms with Crippen molar-refractivity contribution < 1.29 is 19.1 Å². The zero-order valence-electron chi connectivity index (χ0n) is 19.3. The number of aromatic nitrogens is 2. The van der Waals surface area contributed by atoms with Gasteiger partial charge in [0.15, 0.2) is 12.4 Å². The number of esters is 1. The van der Waals surface area contributed by atoms with Gasteiger partial charge in [0.25, 0.3) is 5.91 Å². The molecule has 0 aliphatic carbocycles. The quantitative estimate of drug-likeness (QED) is 0.326. The molecule has 0 spiro atoms. The molecule has 0 unspecified atom stereocenters. The molecule has 0 atom stereocenters. The highest BCUT2D eigenvalue weighted by Gasteiger charge is 2.19. The Morgan fingerprint density at radius 2 is 1.66 bits per heavy atom. The molecule has 2 aromatic carbocycles. The normalized spacial score (nSPS) is 10.7. The van der Waals surface area contributed by atoms with Crippen LogP contribution >= 0.6 is 0 Å². The third-order valence-electron chi connectivity index (χ3n) is 5.44. The van der Waals surface area contributed by atoms with E-state index in [4.69, 9.17) is 4.74 Å². The van der Waals surface area contributed by atoms with Gasteiger partial charge in [-0.2, -0.15) is 0 Å². The van der Waals surface area contributed by atoms with Crippen molar-refractivity contribution in [3.8, 4) is 0 Å². The molecular formula is C27H23N3O5. The number of pyridine rings is 2. The van der Waals surface area contributed by atoms with Gasteiger partial charge in [0.2, 0.25) is 5.43 Å². The fourth-order valence-corrected chi connectivity index (χ4v) is 3.68. The Kier molecular flexibility index (Phi) is 6.82. The first-order chi connectivity index (χ1) is 16.9. The second-order valence-corrected chi connectivity index (χ2v) is 7.85. The molecule has 0 saturated carbocycles. The summed E-state index contributed by atoms with van der Waals surface area (Å²) >= 11 is 0. The number of benzene rings is 2. The third-order valence-corrected chi connectivity index (χ3v) is 5.44. The van der Waals surface area contributed by atoms with Gasteiger partial charge in [0.05, 0.1) is 11.1 Å². The average molecular weight is 469 g/mol. The zero-order chi connectivity index (χ0) is 24.9. The van der Waals surface area contributed by atoms with Gasteiger partial charge in [-0.1, -0.05) is 42.5 Å². The molecule has 0 aliphatic rings. The SMILES string of the molecule is CCn1cc(C(=O)OCC(=O)Nc2ccccc2C(=O)c2ccccc2)c(=O)c2ccc(C)nc21. The first-order valence-corrected chi connectivity index (χ1v) is 11.1. The molecule has 176 valence electrons. The maximum Gasteiger partial charge on any atom is 0.344 e. The number of nitrogens with zero attached hydrogens (tertiary/aromatic N) is 2. The van der Waals surface area contributed by atoms with Crippen LogP contribution in [0.3, 0.4) is 0 Å². The Morgan fingerprint density at radius 3 is 2.40 bits per heavy atom. The lowest BCUT2D eigenvalue weighted by Crippen LogP contribution is -2.26. The molecule has 4 aromatic rings. The van der Waals surface area contributed by atoms with E-state index >= 15 is 0 Å². The van der Waals surface area contributed by atoms with Crippen LogP contribution in [0.25, 0.3) is 11.0 Å². The molecule has 8 heteroatoms. The molecule has 2 aromatic heterocycles. The molecule has 1 N–H and O–H groups in total. The minimum atomic E-state index is -0.913.